The molecule has 2 amide bonds. The molecule has 0 saturated heterocycles. The molecular weight excluding hydrogens is 357 g/mol. The summed E-state index contributed by atoms with van der Waals surface area (Å²) < 4.78 is 14.5. The fraction of sp³-hybridized carbons (Fsp3) is 0.263. The summed E-state index contributed by atoms with van der Waals surface area (Å²) in [7, 11) is 0. The molecule has 0 aromatic heterocycles. The van der Waals surface area contributed by atoms with Crippen molar-refractivity contribution in [1.82, 2.24) is 10.6 Å². The predicted molar refractivity (Wildman–Crippen MR) is 101 cm³/mol. The van der Waals surface area contributed by atoms with Crippen molar-refractivity contribution in [1.29, 1.82) is 0 Å². The zero-order chi connectivity index (χ0) is 17.6. The summed E-state index contributed by atoms with van der Waals surface area (Å²) >= 11 is 0. The lowest BCUT2D eigenvalue weighted by atomic mass is 9.99. The molecule has 2 aromatic rings. The highest BCUT2D eigenvalue weighted by molar-refractivity contribution is 5.95. The average Bonchev–Trinajstić information content (AvgIpc) is 2.63. The van der Waals surface area contributed by atoms with Crippen molar-refractivity contribution in [2.45, 2.75) is 19.4 Å². The van der Waals surface area contributed by atoms with E-state index >= 15 is 0 Å². The third-order valence-electron chi connectivity index (χ3n) is 4.14. The van der Waals surface area contributed by atoms with Crippen molar-refractivity contribution in [3.8, 4) is 0 Å². The molecule has 3 rings (SSSR count). The van der Waals surface area contributed by atoms with Gasteiger partial charge >= 0.3 is 0 Å². The number of rotatable bonds is 5. The van der Waals surface area contributed by atoms with E-state index in [1.165, 1.54) is 0 Å². The van der Waals surface area contributed by atoms with Gasteiger partial charge in [0.05, 0.1) is 18.7 Å². The van der Waals surface area contributed by atoms with Crippen molar-refractivity contribution in [2.24, 2.45) is 0 Å². The average molecular weight is 378 g/mol. The molecule has 0 bridgehead atoms. The number of hydrogen-bond acceptors (Lipinski definition) is 3. The molecule has 0 atom stereocenters. The maximum absolute atomic E-state index is 14.5. The van der Waals surface area contributed by atoms with Crippen LogP contribution in [0, 0.1) is 5.82 Å². The summed E-state index contributed by atoms with van der Waals surface area (Å²) in [5.41, 5.74) is 2.58. The van der Waals surface area contributed by atoms with Gasteiger partial charge in [-0.15, -0.1) is 12.4 Å². The van der Waals surface area contributed by atoms with Crippen LogP contribution in [0.4, 0.5) is 10.1 Å². The van der Waals surface area contributed by atoms with Crippen molar-refractivity contribution in [2.75, 3.05) is 18.4 Å². The first-order valence-corrected chi connectivity index (χ1v) is 8.25. The Morgan fingerprint density at radius 1 is 1.08 bits per heavy atom. The Labute approximate surface area is 157 Å². The Morgan fingerprint density at radius 2 is 1.85 bits per heavy atom. The number of benzene rings is 2. The highest BCUT2D eigenvalue weighted by Gasteiger charge is 2.17. The Hall–Kier alpha value is -2.44. The molecule has 1 aliphatic heterocycles. The number of carbonyl (C=O) groups is 2. The lowest BCUT2D eigenvalue weighted by molar-refractivity contribution is -0.123. The van der Waals surface area contributed by atoms with Crippen LogP contribution in [0.5, 0.6) is 0 Å². The number of fused-ring (bicyclic) bond motifs is 1. The Balaban J connectivity index is 0.00000243. The van der Waals surface area contributed by atoms with Crippen LogP contribution in [0.2, 0.25) is 0 Å². The molecule has 1 aliphatic rings. The van der Waals surface area contributed by atoms with Gasteiger partial charge in [-0.3, -0.25) is 9.59 Å². The van der Waals surface area contributed by atoms with Gasteiger partial charge in [-0.25, -0.2) is 4.39 Å². The van der Waals surface area contributed by atoms with E-state index in [1.54, 1.807) is 6.07 Å². The minimum atomic E-state index is -0.450. The van der Waals surface area contributed by atoms with Crippen LogP contribution in [0.3, 0.4) is 0 Å². The molecular formula is C19H21ClFN3O2. The van der Waals surface area contributed by atoms with Crippen LogP contribution in [0.15, 0.2) is 42.5 Å². The van der Waals surface area contributed by atoms with E-state index in [-0.39, 0.29) is 42.8 Å². The fourth-order valence-corrected chi connectivity index (χ4v) is 2.85. The summed E-state index contributed by atoms with van der Waals surface area (Å²) in [5, 5.41) is 8.26. The van der Waals surface area contributed by atoms with E-state index in [9.17, 15) is 14.0 Å². The van der Waals surface area contributed by atoms with Crippen LogP contribution >= 0.6 is 12.4 Å². The number of nitrogens with one attached hydrogen (secondary N) is 3. The van der Waals surface area contributed by atoms with Crippen LogP contribution in [-0.4, -0.2) is 24.9 Å². The summed E-state index contributed by atoms with van der Waals surface area (Å²) in [6.07, 6.45) is 0.799. The lowest BCUT2D eigenvalue weighted by Gasteiger charge is -2.19. The van der Waals surface area contributed by atoms with Crippen molar-refractivity contribution in [3.63, 3.8) is 0 Å². The molecule has 5 nitrogen and oxygen atoms in total. The zero-order valence-electron chi connectivity index (χ0n) is 14.2. The number of carbonyl (C=O) groups excluding carboxylic acids is 2. The summed E-state index contributed by atoms with van der Waals surface area (Å²) in [4.78, 5) is 23.8. The largest absolute Gasteiger partial charge is 0.347 e. The van der Waals surface area contributed by atoms with Gasteiger partial charge in [0.1, 0.15) is 5.82 Å². The third-order valence-corrected chi connectivity index (χ3v) is 4.14. The second kappa shape index (κ2) is 9.31. The second-order valence-corrected chi connectivity index (χ2v) is 5.98. The van der Waals surface area contributed by atoms with Gasteiger partial charge in [0.25, 0.3) is 0 Å². The molecule has 3 N–H and O–H groups in total. The SMILES string of the molecule is Cl.O=C(Cc1ccccc1)NCC(=O)Nc1ccc2c(c1F)CCNC2. The molecule has 0 spiro atoms. The van der Waals surface area contributed by atoms with Gasteiger partial charge in [0, 0.05) is 6.54 Å². The van der Waals surface area contributed by atoms with Gasteiger partial charge in [-0.2, -0.15) is 0 Å². The van der Waals surface area contributed by atoms with Crippen molar-refractivity contribution in [3.05, 3.63) is 65.0 Å². The lowest BCUT2D eigenvalue weighted by Crippen LogP contribution is -2.34. The van der Waals surface area contributed by atoms with E-state index in [4.69, 9.17) is 0 Å². The minimum absolute atomic E-state index is 0. The molecule has 0 unspecified atom stereocenters. The molecule has 7 heteroatoms. The summed E-state index contributed by atoms with van der Waals surface area (Å²) in [6.45, 7) is 1.16. The van der Waals surface area contributed by atoms with Crippen molar-refractivity contribution >= 4 is 29.9 Å². The number of anilines is 1. The predicted octanol–water partition coefficient (Wildman–Crippen LogP) is 2.19. The minimum Gasteiger partial charge on any atom is -0.347 e. The first kappa shape index (κ1) is 19.9. The van der Waals surface area contributed by atoms with E-state index in [2.05, 4.69) is 16.0 Å². The zero-order valence-corrected chi connectivity index (χ0v) is 15.0. The second-order valence-electron chi connectivity index (χ2n) is 5.98. The Bertz CT molecular complexity index is 784. The first-order chi connectivity index (χ1) is 12.1. The molecule has 0 fully saturated rings. The molecule has 0 aliphatic carbocycles. The fourth-order valence-electron chi connectivity index (χ4n) is 2.85. The number of hydrogen-bond donors (Lipinski definition) is 3. The quantitative estimate of drug-likeness (QED) is 0.748. The molecule has 2 aromatic carbocycles. The number of amides is 2. The van der Waals surface area contributed by atoms with Crippen LogP contribution < -0.4 is 16.0 Å². The third kappa shape index (κ3) is 5.03. The van der Waals surface area contributed by atoms with E-state index < -0.39 is 5.91 Å². The van der Waals surface area contributed by atoms with E-state index in [1.807, 2.05) is 36.4 Å². The van der Waals surface area contributed by atoms with Crippen LogP contribution in [0.1, 0.15) is 16.7 Å². The van der Waals surface area contributed by atoms with Gasteiger partial charge in [-0.1, -0.05) is 36.4 Å². The van der Waals surface area contributed by atoms with Crippen molar-refractivity contribution < 1.29 is 14.0 Å². The molecule has 0 saturated carbocycles. The molecule has 138 valence electrons. The number of halogens is 2. The monoisotopic (exact) mass is 377 g/mol. The summed E-state index contributed by atoms with van der Waals surface area (Å²) in [5.74, 6) is -1.09. The first-order valence-electron chi connectivity index (χ1n) is 8.25. The Kier molecular flexibility index (Phi) is 7.12. The van der Waals surface area contributed by atoms with E-state index in [0.29, 0.717) is 18.5 Å². The maximum atomic E-state index is 14.5. The topological polar surface area (TPSA) is 70.2 Å². The molecule has 26 heavy (non-hydrogen) atoms. The van der Waals surface area contributed by atoms with Gasteiger partial charge in [0.2, 0.25) is 11.8 Å². The van der Waals surface area contributed by atoms with Gasteiger partial charge in [0.15, 0.2) is 0 Å². The highest BCUT2D eigenvalue weighted by Crippen LogP contribution is 2.24. The summed E-state index contributed by atoms with van der Waals surface area (Å²) in [6, 6.07) is 12.6. The molecule has 0 radical (unpaired) electrons. The van der Waals surface area contributed by atoms with Crippen LogP contribution in [-0.2, 0) is 29.0 Å². The Morgan fingerprint density at radius 3 is 2.62 bits per heavy atom. The highest BCUT2D eigenvalue weighted by atomic mass is 35.5. The van der Waals surface area contributed by atoms with Gasteiger partial charge in [-0.05, 0) is 35.7 Å². The van der Waals surface area contributed by atoms with Gasteiger partial charge < -0.3 is 16.0 Å². The van der Waals surface area contributed by atoms with Crippen LogP contribution in [0.25, 0.3) is 0 Å². The standard InChI is InChI=1S/C19H20FN3O2.ClH/c20-19-15-8-9-21-11-14(15)6-7-16(19)23-18(25)12-22-17(24)10-13-4-2-1-3-5-13;/h1-7,21H,8-12H2,(H,22,24)(H,23,25);1H. The maximum Gasteiger partial charge on any atom is 0.243 e. The molecule has 1 heterocycles. The van der Waals surface area contributed by atoms with E-state index in [0.717, 1.165) is 17.7 Å². The smallest absolute Gasteiger partial charge is 0.243 e. The normalized spacial score (nSPS) is 12.5.